The summed E-state index contributed by atoms with van der Waals surface area (Å²) >= 11 is 10.3. The first-order valence-electron chi connectivity index (χ1n) is 10.5. The van der Waals surface area contributed by atoms with Crippen molar-refractivity contribution in [3.8, 4) is 11.5 Å². The molecule has 35 heavy (non-hydrogen) atoms. The van der Waals surface area contributed by atoms with Gasteiger partial charge in [-0.05, 0) is 65.9 Å². The molecule has 0 aliphatic heterocycles. The number of aromatic nitrogens is 3. The van der Waals surface area contributed by atoms with Gasteiger partial charge in [0.25, 0.3) is 5.22 Å². The van der Waals surface area contributed by atoms with Crippen LogP contribution in [0.5, 0.6) is 0 Å². The van der Waals surface area contributed by atoms with Crippen LogP contribution in [0.15, 0.2) is 98.0 Å². The van der Waals surface area contributed by atoms with E-state index in [0.717, 1.165) is 38.3 Å². The summed E-state index contributed by atoms with van der Waals surface area (Å²) in [5, 5.41) is 19.6. The van der Waals surface area contributed by atoms with Gasteiger partial charge in [0.05, 0.1) is 0 Å². The highest BCUT2D eigenvalue weighted by Crippen LogP contribution is 2.32. The number of halogens is 2. The van der Waals surface area contributed by atoms with Crippen LogP contribution in [-0.4, -0.2) is 25.8 Å². The number of nitrogens with zero attached hydrogens (tertiary/aromatic N) is 3. The molecule has 6 nitrogen and oxygen atoms in total. The Morgan fingerprint density at radius 1 is 1.06 bits per heavy atom. The molecule has 0 spiro atoms. The molecule has 0 atom stereocenters. The molecule has 0 saturated carbocycles. The fourth-order valence-corrected chi connectivity index (χ4v) is 4.69. The molecule has 0 saturated heterocycles. The minimum Gasteiger partial charge on any atom is -0.477 e. The molecular weight excluding hydrogens is 550 g/mol. The Morgan fingerprint density at radius 2 is 1.80 bits per heavy atom. The number of hydrogen-bond acceptors (Lipinski definition) is 5. The average Bonchev–Trinajstić information content (AvgIpc) is 3.46. The van der Waals surface area contributed by atoms with Gasteiger partial charge in [0.1, 0.15) is 4.91 Å². The third kappa shape index (κ3) is 5.35. The minimum atomic E-state index is -1.08. The number of rotatable bonds is 7. The molecule has 0 bridgehead atoms. The van der Waals surface area contributed by atoms with Crippen molar-refractivity contribution in [2.24, 2.45) is 0 Å². The highest BCUT2D eigenvalue weighted by atomic mass is 79.9. The van der Waals surface area contributed by atoms with Crippen LogP contribution in [0, 0.1) is 0 Å². The van der Waals surface area contributed by atoms with Crippen LogP contribution in [0.2, 0.25) is 5.02 Å². The fraction of sp³-hybridized carbons (Fsp3) is 0.0385. The second-order valence-electron chi connectivity index (χ2n) is 7.65. The Bertz CT molecular complexity index is 1540. The summed E-state index contributed by atoms with van der Waals surface area (Å²) in [6.45, 7) is 0.658. The zero-order valence-electron chi connectivity index (χ0n) is 18.1. The molecule has 0 aliphatic carbocycles. The largest absolute Gasteiger partial charge is 0.477 e. The summed E-state index contributed by atoms with van der Waals surface area (Å²) in [6.07, 6.45) is 3.60. The predicted molar refractivity (Wildman–Crippen MR) is 141 cm³/mol. The first-order valence-corrected chi connectivity index (χ1v) is 12.5. The highest BCUT2D eigenvalue weighted by molar-refractivity contribution is 9.10. The first kappa shape index (κ1) is 23.4. The van der Waals surface area contributed by atoms with Crippen molar-refractivity contribution in [2.45, 2.75) is 11.8 Å². The van der Waals surface area contributed by atoms with Crippen molar-refractivity contribution >= 4 is 62.2 Å². The van der Waals surface area contributed by atoms with E-state index in [1.54, 1.807) is 30.3 Å². The molecule has 0 unspecified atom stereocenters. The smallest absolute Gasteiger partial charge is 0.342 e. The van der Waals surface area contributed by atoms with Crippen LogP contribution < -0.4 is 0 Å². The number of thioether (sulfide) groups is 1. The Labute approximate surface area is 218 Å². The molecule has 9 heteroatoms. The van der Waals surface area contributed by atoms with Crippen LogP contribution in [0.1, 0.15) is 11.1 Å². The monoisotopic (exact) mass is 565 g/mol. The Morgan fingerprint density at radius 3 is 2.54 bits per heavy atom. The van der Waals surface area contributed by atoms with Crippen molar-refractivity contribution in [1.29, 1.82) is 0 Å². The van der Waals surface area contributed by atoms with E-state index >= 15 is 0 Å². The summed E-state index contributed by atoms with van der Waals surface area (Å²) in [5.41, 5.74) is 3.64. The maximum Gasteiger partial charge on any atom is 0.342 e. The SMILES string of the molecule is O=C(O)/C(=C/c1cn(Cc2ccc(Br)cc2)c2ccccc12)Sc1nnc(-c2ccc(Cl)cc2)o1. The third-order valence-corrected chi connectivity index (χ3v) is 6.91. The molecule has 0 amide bonds. The molecule has 3 aromatic carbocycles. The summed E-state index contributed by atoms with van der Waals surface area (Å²) in [7, 11) is 0. The molecule has 5 aromatic rings. The minimum absolute atomic E-state index is 0.0721. The zero-order chi connectivity index (χ0) is 24.4. The standard InChI is InChI=1S/C26H17BrClN3O3S/c27-19-9-5-16(6-10-19)14-31-15-18(21-3-1-2-4-22(21)31)13-23(25(32)33)35-26-30-29-24(34-26)17-7-11-20(28)12-8-17/h1-13,15H,14H2,(H,32,33)/b23-13-. The topological polar surface area (TPSA) is 81.1 Å². The number of hydrogen-bond donors (Lipinski definition) is 1. The van der Waals surface area contributed by atoms with Crippen LogP contribution >= 0.6 is 39.3 Å². The molecule has 0 aliphatic rings. The number of benzene rings is 3. The van der Waals surface area contributed by atoms with Gasteiger partial charge in [-0.2, -0.15) is 0 Å². The van der Waals surface area contributed by atoms with Gasteiger partial charge in [-0.25, -0.2) is 4.79 Å². The lowest BCUT2D eigenvalue weighted by molar-refractivity contribution is -0.131. The van der Waals surface area contributed by atoms with Crippen molar-refractivity contribution in [3.05, 3.63) is 105 Å². The molecule has 174 valence electrons. The van der Waals surface area contributed by atoms with E-state index in [-0.39, 0.29) is 10.1 Å². The van der Waals surface area contributed by atoms with E-state index in [1.165, 1.54) is 0 Å². The van der Waals surface area contributed by atoms with Crippen molar-refractivity contribution in [3.63, 3.8) is 0 Å². The van der Waals surface area contributed by atoms with E-state index in [9.17, 15) is 9.90 Å². The van der Waals surface area contributed by atoms with Gasteiger partial charge in [0, 0.05) is 44.3 Å². The molecule has 0 radical (unpaired) electrons. The van der Waals surface area contributed by atoms with Crippen molar-refractivity contribution in [1.82, 2.24) is 14.8 Å². The van der Waals surface area contributed by atoms with Crippen LogP contribution in [0.25, 0.3) is 28.4 Å². The van der Waals surface area contributed by atoms with Gasteiger partial charge in [-0.1, -0.05) is 57.9 Å². The second kappa shape index (κ2) is 10.1. The number of carboxylic acid groups (broad SMARTS) is 1. The number of carbonyl (C=O) groups is 1. The molecule has 2 heterocycles. The Kier molecular flexibility index (Phi) is 6.77. The molecule has 0 fully saturated rings. The normalized spacial score (nSPS) is 11.8. The van der Waals surface area contributed by atoms with Gasteiger partial charge in [-0.15, -0.1) is 10.2 Å². The van der Waals surface area contributed by atoms with Crippen LogP contribution in [0.4, 0.5) is 0 Å². The summed E-state index contributed by atoms with van der Waals surface area (Å²) in [4.78, 5) is 12.2. The molecular formula is C26H17BrClN3O3S. The first-order chi connectivity index (χ1) is 17.0. The number of carboxylic acids is 1. The van der Waals surface area contributed by atoms with E-state index in [4.69, 9.17) is 16.0 Å². The van der Waals surface area contributed by atoms with Gasteiger partial charge >= 0.3 is 5.97 Å². The van der Waals surface area contributed by atoms with E-state index < -0.39 is 5.97 Å². The second-order valence-corrected chi connectivity index (χ2v) is 10.00. The Balaban J connectivity index is 1.46. The zero-order valence-corrected chi connectivity index (χ0v) is 21.2. The third-order valence-electron chi connectivity index (χ3n) is 5.28. The van der Waals surface area contributed by atoms with Crippen LogP contribution in [0.3, 0.4) is 0 Å². The van der Waals surface area contributed by atoms with Crippen molar-refractivity contribution in [2.75, 3.05) is 0 Å². The van der Waals surface area contributed by atoms with E-state index in [1.807, 2.05) is 42.6 Å². The van der Waals surface area contributed by atoms with Gasteiger partial charge < -0.3 is 14.1 Å². The lowest BCUT2D eigenvalue weighted by atomic mass is 10.1. The van der Waals surface area contributed by atoms with E-state index in [2.05, 4.69) is 42.8 Å². The molecule has 2 aromatic heterocycles. The highest BCUT2D eigenvalue weighted by Gasteiger charge is 2.17. The number of para-hydroxylation sites is 1. The summed E-state index contributed by atoms with van der Waals surface area (Å²) < 4.78 is 8.82. The average molecular weight is 567 g/mol. The fourth-order valence-electron chi connectivity index (χ4n) is 3.64. The molecule has 5 rings (SSSR count). The van der Waals surface area contributed by atoms with Crippen molar-refractivity contribution < 1.29 is 14.3 Å². The lowest BCUT2D eigenvalue weighted by Crippen LogP contribution is -1.98. The maximum atomic E-state index is 12.1. The number of fused-ring (bicyclic) bond motifs is 1. The van der Waals surface area contributed by atoms with Gasteiger partial charge in [0.2, 0.25) is 5.89 Å². The molecule has 1 N–H and O–H groups in total. The maximum absolute atomic E-state index is 12.1. The lowest BCUT2D eigenvalue weighted by Gasteiger charge is -2.05. The summed E-state index contributed by atoms with van der Waals surface area (Å²) in [5.74, 6) is -0.786. The number of aliphatic carboxylic acids is 1. The van der Waals surface area contributed by atoms with Gasteiger partial charge in [-0.3, -0.25) is 0 Å². The predicted octanol–water partition coefficient (Wildman–Crippen LogP) is 7.37. The van der Waals surface area contributed by atoms with E-state index in [0.29, 0.717) is 23.0 Å². The Hall–Kier alpha value is -3.33. The van der Waals surface area contributed by atoms with Gasteiger partial charge in [0.15, 0.2) is 0 Å². The quantitative estimate of drug-likeness (QED) is 0.164. The van der Waals surface area contributed by atoms with Crippen LogP contribution in [-0.2, 0) is 11.3 Å². The summed E-state index contributed by atoms with van der Waals surface area (Å²) in [6, 6.07) is 23.0.